The van der Waals surface area contributed by atoms with Crippen molar-refractivity contribution in [3.05, 3.63) is 117 Å². The molecule has 0 spiro atoms. The number of hydrogen-bond donors (Lipinski definition) is 2. The molecule has 4 aromatic rings. The minimum atomic E-state index is -0.790. The Morgan fingerprint density at radius 3 is 2.40 bits per heavy atom. The summed E-state index contributed by atoms with van der Waals surface area (Å²) in [4.78, 5) is 11.0. The van der Waals surface area contributed by atoms with Crippen LogP contribution >= 0.6 is 11.6 Å². The quantitative estimate of drug-likeness (QED) is 0.274. The van der Waals surface area contributed by atoms with Gasteiger partial charge in [0.25, 0.3) is 0 Å². The Morgan fingerprint density at radius 1 is 1.03 bits per heavy atom. The maximum Gasteiger partial charge on any atom is 0.303 e. The van der Waals surface area contributed by atoms with E-state index in [0.29, 0.717) is 13.0 Å². The standard InChI is InChI=1S/C29H30ClN3O2/c1-19-17-24(30)11-14-26(19)29(23-7-5-4-6-8-23)31-25-12-9-22(10-13-25)18-33-21(3)27(20(2)32-33)15-16-28(34)35/h4-14,17,29,31H,15-16,18H2,1-3H3,(H,34,35). The first-order valence-corrected chi connectivity index (χ1v) is 12.1. The summed E-state index contributed by atoms with van der Waals surface area (Å²) < 4.78 is 1.96. The average Bonchev–Trinajstić information content (AvgIpc) is 3.10. The number of aromatic nitrogens is 2. The van der Waals surface area contributed by atoms with Gasteiger partial charge in [-0.3, -0.25) is 9.48 Å². The van der Waals surface area contributed by atoms with Gasteiger partial charge in [-0.2, -0.15) is 5.10 Å². The van der Waals surface area contributed by atoms with Crippen LogP contribution in [0.2, 0.25) is 5.02 Å². The van der Waals surface area contributed by atoms with Gasteiger partial charge in [0.2, 0.25) is 0 Å². The van der Waals surface area contributed by atoms with Crippen LogP contribution in [0, 0.1) is 20.8 Å². The molecule has 0 radical (unpaired) electrons. The molecule has 0 amide bonds. The van der Waals surface area contributed by atoms with Crippen molar-refractivity contribution < 1.29 is 9.90 Å². The van der Waals surface area contributed by atoms with Gasteiger partial charge in [0.05, 0.1) is 18.3 Å². The fourth-order valence-corrected chi connectivity index (χ4v) is 4.70. The van der Waals surface area contributed by atoms with Crippen LogP contribution in [0.4, 0.5) is 5.69 Å². The molecule has 0 saturated heterocycles. The molecule has 1 atom stereocenters. The molecule has 0 saturated carbocycles. The Morgan fingerprint density at radius 2 is 1.74 bits per heavy atom. The van der Waals surface area contributed by atoms with Gasteiger partial charge in [-0.1, -0.05) is 60.1 Å². The van der Waals surface area contributed by atoms with E-state index < -0.39 is 5.97 Å². The Balaban J connectivity index is 1.54. The lowest BCUT2D eigenvalue weighted by atomic mass is 9.94. The summed E-state index contributed by atoms with van der Waals surface area (Å²) >= 11 is 6.21. The number of halogens is 1. The number of anilines is 1. The highest BCUT2D eigenvalue weighted by Crippen LogP contribution is 2.30. The second kappa shape index (κ2) is 10.8. The minimum Gasteiger partial charge on any atom is -0.481 e. The lowest BCUT2D eigenvalue weighted by Crippen LogP contribution is -2.14. The van der Waals surface area contributed by atoms with E-state index in [0.717, 1.165) is 38.8 Å². The first kappa shape index (κ1) is 24.6. The number of aryl methyl sites for hydroxylation is 2. The van der Waals surface area contributed by atoms with E-state index in [9.17, 15) is 4.79 Å². The van der Waals surface area contributed by atoms with Crippen LogP contribution in [-0.2, 0) is 17.8 Å². The summed E-state index contributed by atoms with van der Waals surface area (Å²) in [6, 6.07) is 24.8. The minimum absolute atomic E-state index is 0.00730. The summed E-state index contributed by atoms with van der Waals surface area (Å²) in [5, 5.41) is 18.1. The number of hydrogen-bond acceptors (Lipinski definition) is 3. The third kappa shape index (κ3) is 5.92. The van der Waals surface area contributed by atoms with Gasteiger partial charge in [-0.05, 0) is 79.3 Å². The molecule has 3 aromatic carbocycles. The van der Waals surface area contributed by atoms with Gasteiger partial charge in [0.15, 0.2) is 0 Å². The largest absolute Gasteiger partial charge is 0.481 e. The Labute approximate surface area is 211 Å². The molecule has 0 fully saturated rings. The van der Waals surface area contributed by atoms with Crippen LogP contribution in [0.25, 0.3) is 0 Å². The highest BCUT2D eigenvalue weighted by Gasteiger charge is 2.17. The van der Waals surface area contributed by atoms with E-state index in [1.165, 1.54) is 11.1 Å². The van der Waals surface area contributed by atoms with E-state index >= 15 is 0 Å². The SMILES string of the molecule is Cc1cc(Cl)ccc1C(Nc1ccc(Cn2nc(C)c(CCC(=O)O)c2C)cc1)c1ccccc1. The predicted molar refractivity (Wildman–Crippen MR) is 141 cm³/mol. The van der Waals surface area contributed by atoms with Crippen LogP contribution in [-0.4, -0.2) is 20.9 Å². The zero-order chi connectivity index (χ0) is 24.9. The maximum atomic E-state index is 11.0. The molecule has 2 N–H and O–H groups in total. The van der Waals surface area contributed by atoms with Gasteiger partial charge in [0, 0.05) is 22.8 Å². The molecule has 6 heteroatoms. The monoisotopic (exact) mass is 487 g/mol. The highest BCUT2D eigenvalue weighted by molar-refractivity contribution is 6.30. The summed E-state index contributed by atoms with van der Waals surface area (Å²) in [6.07, 6.45) is 0.615. The molecule has 0 aliphatic rings. The van der Waals surface area contributed by atoms with Crippen LogP contribution in [0.5, 0.6) is 0 Å². The van der Waals surface area contributed by atoms with Gasteiger partial charge in [-0.25, -0.2) is 0 Å². The van der Waals surface area contributed by atoms with Crippen molar-refractivity contribution in [1.82, 2.24) is 9.78 Å². The molecule has 0 aliphatic heterocycles. The van der Waals surface area contributed by atoms with Crippen molar-refractivity contribution in [2.24, 2.45) is 0 Å². The van der Waals surface area contributed by atoms with Crippen LogP contribution in [0.3, 0.4) is 0 Å². The molecule has 0 aliphatic carbocycles. The third-order valence-electron chi connectivity index (χ3n) is 6.39. The summed E-state index contributed by atoms with van der Waals surface area (Å²) in [7, 11) is 0. The average molecular weight is 488 g/mol. The van der Waals surface area contributed by atoms with Crippen molar-refractivity contribution in [3.63, 3.8) is 0 Å². The summed E-state index contributed by atoms with van der Waals surface area (Å²) in [5.41, 5.74) is 8.59. The van der Waals surface area contributed by atoms with Crippen molar-refractivity contribution in [1.29, 1.82) is 0 Å². The second-order valence-electron chi connectivity index (χ2n) is 8.89. The van der Waals surface area contributed by atoms with Gasteiger partial charge < -0.3 is 10.4 Å². The molecule has 35 heavy (non-hydrogen) atoms. The van der Waals surface area contributed by atoms with Gasteiger partial charge in [-0.15, -0.1) is 0 Å². The van der Waals surface area contributed by atoms with E-state index in [1.807, 2.05) is 36.7 Å². The smallest absolute Gasteiger partial charge is 0.303 e. The van der Waals surface area contributed by atoms with Crippen molar-refractivity contribution in [2.75, 3.05) is 5.32 Å². The maximum absolute atomic E-state index is 11.0. The lowest BCUT2D eigenvalue weighted by Gasteiger charge is -2.23. The zero-order valence-electron chi connectivity index (χ0n) is 20.3. The Kier molecular flexibility index (Phi) is 7.57. The number of carboxylic acids is 1. The van der Waals surface area contributed by atoms with Crippen molar-refractivity contribution in [2.45, 2.75) is 46.2 Å². The topological polar surface area (TPSA) is 67.2 Å². The highest BCUT2D eigenvalue weighted by atomic mass is 35.5. The van der Waals surface area contributed by atoms with E-state index in [2.05, 4.69) is 71.9 Å². The molecule has 1 aromatic heterocycles. The fraction of sp³-hybridized carbons (Fsp3) is 0.241. The van der Waals surface area contributed by atoms with E-state index in [-0.39, 0.29) is 12.5 Å². The molecule has 1 unspecified atom stereocenters. The molecular weight excluding hydrogens is 458 g/mol. The van der Waals surface area contributed by atoms with Crippen LogP contribution in [0.1, 0.15) is 51.7 Å². The third-order valence-corrected chi connectivity index (χ3v) is 6.63. The molecule has 4 rings (SSSR count). The molecule has 5 nitrogen and oxygen atoms in total. The van der Waals surface area contributed by atoms with E-state index in [1.54, 1.807) is 0 Å². The number of benzene rings is 3. The summed E-state index contributed by atoms with van der Waals surface area (Å²) in [5.74, 6) is -0.790. The van der Waals surface area contributed by atoms with Crippen LogP contribution in [0.15, 0.2) is 72.8 Å². The number of aliphatic carboxylic acids is 1. The Bertz CT molecular complexity index is 1310. The second-order valence-corrected chi connectivity index (χ2v) is 9.32. The van der Waals surface area contributed by atoms with Crippen molar-refractivity contribution in [3.8, 4) is 0 Å². The summed E-state index contributed by atoms with van der Waals surface area (Å²) in [6.45, 7) is 6.67. The van der Waals surface area contributed by atoms with E-state index in [4.69, 9.17) is 16.7 Å². The lowest BCUT2D eigenvalue weighted by molar-refractivity contribution is -0.136. The number of carboxylic acid groups (broad SMARTS) is 1. The fourth-order valence-electron chi connectivity index (χ4n) is 4.48. The first-order valence-electron chi connectivity index (χ1n) is 11.7. The number of rotatable bonds is 9. The number of nitrogens with zero attached hydrogens (tertiary/aromatic N) is 2. The van der Waals surface area contributed by atoms with Gasteiger partial charge in [0.1, 0.15) is 0 Å². The number of nitrogens with one attached hydrogen (secondary N) is 1. The van der Waals surface area contributed by atoms with Crippen LogP contribution < -0.4 is 5.32 Å². The number of carbonyl (C=O) groups is 1. The van der Waals surface area contributed by atoms with Crippen molar-refractivity contribution >= 4 is 23.3 Å². The molecule has 1 heterocycles. The molecule has 180 valence electrons. The first-order chi connectivity index (χ1) is 16.8. The molecule has 0 bridgehead atoms. The van der Waals surface area contributed by atoms with Gasteiger partial charge >= 0.3 is 5.97 Å². The Hall–Kier alpha value is -3.57. The molecular formula is C29H30ClN3O2. The predicted octanol–water partition coefficient (Wildman–Crippen LogP) is 6.73. The normalized spacial score (nSPS) is 11.9. The zero-order valence-corrected chi connectivity index (χ0v) is 21.0.